The van der Waals surface area contributed by atoms with Crippen molar-refractivity contribution in [1.29, 1.82) is 0 Å². The monoisotopic (exact) mass is 224 g/mol. The Labute approximate surface area is 86.3 Å². The fraction of sp³-hybridized carbons (Fsp3) is 1.00. The van der Waals surface area contributed by atoms with Gasteiger partial charge in [0.05, 0.1) is 13.2 Å². The van der Waals surface area contributed by atoms with Crippen molar-refractivity contribution in [3.63, 3.8) is 0 Å². The Hall–Kier alpha value is 0.0700. The van der Waals surface area contributed by atoms with Crippen molar-refractivity contribution >= 4 is 7.75 Å². The molecule has 0 aromatic carbocycles. The highest BCUT2D eigenvalue weighted by molar-refractivity contribution is 7.51. The summed E-state index contributed by atoms with van der Waals surface area (Å²) in [5.74, 6) is 0. The summed E-state index contributed by atoms with van der Waals surface area (Å²) < 4.78 is 24.0. The van der Waals surface area contributed by atoms with Crippen molar-refractivity contribution < 1.29 is 13.6 Å². The third-order valence-corrected chi connectivity index (χ3v) is 3.89. The van der Waals surface area contributed by atoms with Gasteiger partial charge in [0, 0.05) is 13.1 Å². The number of nitrogens with zero attached hydrogens (tertiary/aromatic N) is 1. The molecule has 0 aliphatic rings. The molecule has 0 fully saturated rings. The quantitative estimate of drug-likeness (QED) is 0.630. The van der Waals surface area contributed by atoms with Gasteiger partial charge in [0.1, 0.15) is 0 Å². The van der Waals surface area contributed by atoms with Crippen LogP contribution in [0.4, 0.5) is 0 Å². The molecule has 0 aliphatic heterocycles. The van der Waals surface area contributed by atoms with E-state index in [1.807, 2.05) is 7.05 Å². The predicted molar refractivity (Wildman–Crippen MR) is 57.4 cm³/mol. The maximum atomic E-state index is 12.1. The molecule has 0 unspecified atom stereocenters. The van der Waals surface area contributed by atoms with Crippen LogP contribution < -0.4 is 5.32 Å². The third-order valence-electron chi connectivity index (χ3n) is 1.69. The summed E-state index contributed by atoms with van der Waals surface area (Å²) in [4.78, 5) is 0. The van der Waals surface area contributed by atoms with E-state index in [9.17, 15) is 4.57 Å². The molecule has 0 aliphatic carbocycles. The van der Waals surface area contributed by atoms with Crippen LogP contribution in [0.2, 0.25) is 0 Å². The van der Waals surface area contributed by atoms with Crippen LogP contribution in [-0.4, -0.2) is 45.1 Å². The molecule has 5 nitrogen and oxygen atoms in total. The van der Waals surface area contributed by atoms with E-state index in [4.69, 9.17) is 9.05 Å². The average molecular weight is 224 g/mol. The summed E-state index contributed by atoms with van der Waals surface area (Å²) in [5.41, 5.74) is 0. The first kappa shape index (κ1) is 14.1. The van der Waals surface area contributed by atoms with Crippen LogP contribution in [0.3, 0.4) is 0 Å². The smallest absolute Gasteiger partial charge is 0.318 e. The van der Waals surface area contributed by atoms with Gasteiger partial charge in [-0.25, -0.2) is 9.24 Å². The van der Waals surface area contributed by atoms with Gasteiger partial charge < -0.3 is 5.32 Å². The summed E-state index contributed by atoms with van der Waals surface area (Å²) in [6.45, 7) is 5.77. The van der Waals surface area contributed by atoms with E-state index >= 15 is 0 Å². The van der Waals surface area contributed by atoms with E-state index in [1.165, 1.54) is 0 Å². The van der Waals surface area contributed by atoms with E-state index in [2.05, 4.69) is 5.32 Å². The first-order chi connectivity index (χ1) is 6.60. The Kier molecular flexibility index (Phi) is 7.41. The lowest BCUT2D eigenvalue weighted by Crippen LogP contribution is -2.26. The molecule has 0 aromatic rings. The second kappa shape index (κ2) is 7.37. The Morgan fingerprint density at radius 1 is 1.29 bits per heavy atom. The van der Waals surface area contributed by atoms with Crippen molar-refractivity contribution in [2.45, 2.75) is 13.8 Å². The molecule has 0 bridgehead atoms. The molecule has 6 heteroatoms. The zero-order valence-electron chi connectivity index (χ0n) is 9.45. The number of nitrogens with one attached hydrogen (secondary N) is 1. The highest BCUT2D eigenvalue weighted by Gasteiger charge is 2.29. The van der Waals surface area contributed by atoms with Crippen LogP contribution in [0.15, 0.2) is 0 Å². The number of likely N-dealkylation sites (N-methyl/N-ethyl adjacent to an activating group) is 2. The maximum absolute atomic E-state index is 12.1. The SMILES string of the molecule is CCOP(=O)(OCC)N(C)CCNC. The Balaban J connectivity index is 4.23. The molecule has 0 saturated heterocycles. The van der Waals surface area contributed by atoms with Gasteiger partial charge in [0.15, 0.2) is 0 Å². The molecular weight excluding hydrogens is 203 g/mol. The van der Waals surface area contributed by atoms with Crippen LogP contribution in [-0.2, 0) is 13.6 Å². The van der Waals surface area contributed by atoms with Gasteiger partial charge >= 0.3 is 7.75 Å². The lowest BCUT2D eigenvalue weighted by Gasteiger charge is -2.25. The second-order valence-corrected chi connectivity index (χ2v) is 4.93. The van der Waals surface area contributed by atoms with Crippen LogP contribution in [0.5, 0.6) is 0 Å². The summed E-state index contributed by atoms with van der Waals surface area (Å²) in [6, 6.07) is 0. The Bertz CT molecular complexity index is 179. The minimum Gasteiger partial charge on any atom is -0.318 e. The third kappa shape index (κ3) is 4.53. The number of hydrogen-bond donors (Lipinski definition) is 1. The Morgan fingerprint density at radius 2 is 1.79 bits per heavy atom. The normalized spacial score (nSPS) is 12.4. The summed E-state index contributed by atoms with van der Waals surface area (Å²) >= 11 is 0. The van der Waals surface area contributed by atoms with Crippen LogP contribution in [0, 0.1) is 0 Å². The van der Waals surface area contributed by atoms with Crippen molar-refractivity contribution in [2.24, 2.45) is 0 Å². The highest BCUT2D eigenvalue weighted by atomic mass is 31.2. The largest absolute Gasteiger partial charge is 0.407 e. The van der Waals surface area contributed by atoms with Gasteiger partial charge in [-0.1, -0.05) is 0 Å². The first-order valence-electron chi connectivity index (χ1n) is 4.86. The maximum Gasteiger partial charge on any atom is 0.407 e. The molecule has 0 spiro atoms. The number of rotatable bonds is 8. The first-order valence-corrected chi connectivity index (χ1v) is 6.35. The molecule has 1 N–H and O–H groups in total. The molecule has 0 amide bonds. The van der Waals surface area contributed by atoms with Crippen LogP contribution in [0.1, 0.15) is 13.8 Å². The van der Waals surface area contributed by atoms with Crippen molar-refractivity contribution in [3.8, 4) is 0 Å². The molecule has 14 heavy (non-hydrogen) atoms. The molecular formula is C8H21N2O3P. The van der Waals surface area contributed by atoms with E-state index < -0.39 is 7.75 Å². The molecule has 0 rings (SSSR count). The lowest BCUT2D eigenvalue weighted by molar-refractivity contribution is 0.177. The van der Waals surface area contributed by atoms with Gasteiger partial charge in [-0.3, -0.25) is 9.05 Å². The fourth-order valence-corrected chi connectivity index (χ4v) is 2.42. The van der Waals surface area contributed by atoms with Crippen molar-refractivity contribution in [2.75, 3.05) is 40.4 Å². The van der Waals surface area contributed by atoms with Crippen molar-refractivity contribution in [3.05, 3.63) is 0 Å². The van der Waals surface area contributed by atoms with Crippen LogP contribution >= 0.6 is 7.75 Å². The molecule has 0 heterocycles. The zero-order chi connectivity index (χ0) is 11.0. The fourth-order valence-electron chi connectivity index (χ4n) is 0.957. The average Bonchev–Trinajstić information content (AvgIpc) is 2.15. The number of hydrogen-bond acceptors (Lipinski definition) is 4. The predicted octanol–water partition coefficient (Wildman–Crippen LogP) is 1.32. The van der Waals surface area contributed by atoms with Crippen molar-refractivity contribution in [1.82, 2.24) is 9.99 Å². The van der Waals surface area contributed by atoms with Gasteiger partial charge in [0.25, 0.3) is 0 Å². The summed E-state index contributed by atoms with van der Waals surface area (Å²) in [5, 5.41) is 2.98. The summed E-state index contributed by atoms with van der Waals surface area (Å²) in [7, 11) is 0.540. The van der Waals surface area contributed by atoms with Gasteiger partial charge in [-0.2, -0.15) is 0 Å². The zero-order valence-corrected chi connectivity index (χ0v) is 10.3. The van der Waals surface area contributed by atoms with E-state index in [1.54, 1.807) is 25.6 Å². The van der Waals surface area contributed by atoms with Crippen LogP contribution in [0.25, 0.3) is 0 Å². The lowest BCUT2D eigenvalue weighted by atomic mass is 10.6. The second-order valence-electron chi connectivity index (χ2n) is 2.79. The van der Waals surface area contributed by atoms with E-state index in [0.29, 0.717) is 19.8 Å². The minimum absolute atomic E-state index is 0.390. The van der Waals surface area contributed by atoms with Gasteiger partial charge in [-0.05, 0) is 27.9 Å². The Morgan fingerprint density at radius 3 is 2.14 bits per heavy atom. The minimum atomic E-state index is -3.05. The van der Waals surface area contributed by atoms with Gasteiger partial charge in [-0.15, -0.1) is 0 Å². The highest BCUT2D eigenvalue weighted by Crippen LogP contribution is 2.50. The molecule has 0 atom stereocenters. The molecule has 0 radical (unpaired) electrons. The van der Waals surface area contributed by atoms with Gasteiger partial charge in [0.2, 0.25) is 0 Å². The molecule has 0 aromatic heterocycles. The topological polar surface area (TPSA) is 50.8 Å². The standard InChI is InChI=1S/C8H21N2O3P/c1-5-12-14(11,13-6-2)10(4)8-7-9-3/h9H,5-8H2,1-4H3. The molecule has 86 valence electrons. The molecule has 0 saturated carbocycles. The van der Waals surface area contributed by atoms with E-state index in [0.717, 1.165) is 6.54 Å². The van der Waals surface area contributed by atoms with E-state index in [-0.39, 0.29) is 0 Å². The summed E-state index contributed by atoms with van der Waals surface area (Å²) in [6.07, 6.45) is 0.